The Hall–Kier alpha value is -0.860. The molecule has 1 saturated carbocycles. The summed E-state index contributed by atoms with van der Waals surface area (Å²) < 4.78 is 0. The Morgan fingerprint density at radius 3 is 2.53 bits per heavy atom. The topological polar surface area (TPSA) is 40.5 Å². The summed E-state index contributed by atoms with van der Waals surface area (Å²) in [6.07, 6.45) is 2.36. The second-order valence-corrected chi connectivity index (χ2v) is 4.48. The van der Waals surface area contributed by atoms with Crippen LogP contribution in [0.2, 0.25) is 0 Å². The van der Waals surface area contributed by atoms with E-state index in [2.05, 4.69) is 6.07 Å². The maximum absolute atomic E-state index is 9.74. The molecular weight excluding hydrogens is 188 g/mol. The second kappa shape index (κ2) is 4.33. The quantitative estimate of drug-likeness (QED) is 0.797. The molecule has 1 aliphatic rings. The molecule has 0 spiro atoms. The smallest absolute Gasteiger partial charge is 0.105 e. The highest BCUT2D eigenvalue weighted by atomic mass is 16.3. The molecule has 1 aromatic carbocycles. The third kappa shape index (κ3) is 2.21. The van der Waals surface area contributed by atoms with Gasteiger partial charge in [0.15, 0.2) is 0 Å². The zero-order chi connectivity index (χ0) is 10.8. The fourth-order valence-electron chi connectivity index (χ4n) is 2.02. The van der Waals surface area contributed by atoms with Crippen molar-refractivity contribution in [3.63, 3.8) is 0 Å². The summed E-state index contributed by atoms with van der Waals surface area (Å²) >= 11 is 0. The van der Waals surface area contributed by atoms with Crippen LogP contribution in [-0.4, -0.2) is 16.3 Å². The standard InChI is InChI=1S/C13H18O2/c1-9(14)13(15)12-7-3-6-11(8-12)10-4-2-5-10/h3,6-10,13-15H,2,4-5H2,1H3. The lowest BCUT2D eigenvalue weighted by Crippen LogP contribution is -2.15. The molecule has 2 rings (SSSR count). The first-order valence-electron chi connectivity index (χ1n) is 5.64. The van der Waals surface area contributed by atoms with Crippen LogP contribution in [0.5, 0.6) is 0 Å². The third-order valence-corrected chi connectivity index (χ3v) is 3.29. The SMILES string of the molecule is CC(O)C(O)c1cccc(C2CCC2)c1. The van der Waals surface area contributed by atoms with Crippen LogP contribution in [0.1, 0.15) is 49.3 Å². The maximum Gasteiger partial charge on any atom is 0.105 e. The minimum Gasteiger partial charge on any atom is -0.390 e. The van der Waals surface area contributed by atoms with Crippen LogP contribution >= 0.6 is 0 Å². The number of benzene rings is 1. The second-order valence-electron chi connectivity index (χ2n) is 4.48. The first-order valence-corrected chi connectivity index (χ1v) is 5.64. The minimum atomic E-state index is -0.759. The van der Waals surface area contributed by atoms with Crippen LogP contribution in [0.3, 0.4) is 0 Å². The van der Waals surface area contributed by atoms with Crippen molar-refractivity contribution in [3.8, 4) is 0 Å². The van der Waals surface area contributed by atoms with Gasteiger partial charge in [-0.2, -0.15) is 0 Å². The molecule has 1 fully saturated rings. The number of rotatable bonds is 3. The Labute approximate surface area is 90.6 Å². The van der Waals surface area contributed by atoms with E-state index in [9.17, 15) is 10.2 Å². The van der Waals surface area contributed by atoms with Crippen molar-refractivity contribution in [3.05, 3.63) is 35.4 Å². The molecule has 15 heavy (non-hydrogen) atoms. The highest BCUT2D eigenvalue weighted by Crippen LogP contribution is 2.37. The van der Waals surface area contributed by atoms with Crippen LogP contribution < -0.4 is 0 Å². The Kier molecular flexibility index (Phi) is 3.08. The summed E-state index contributed by atoms with van der Waals surface area (Å²) in [5.41, 5.74) is 2.13. The van der Waals surface area contributed by atoms with Gasteiger partial charge >= 0.3 is 0 Å². The van der Waals surface area contributed by atoms with E-state index in [1.54, 1.807) is 6.92 Å². The van der Waals surface area contributed by atoms with Crippen molar-refractivity contribution in [1.82, 2.24) is 0 Å². The van der Waals surface area contributed by atoms with Gasteiger partial charge < -0.3 is 10.2 Å². The Morgan fingerprint density at radius 2 is 2.00 bits per heavy atom. The summed E-state index contributed by atoms with van der Waals surface area (Å²) in [4.78, 5) is 0. The van der Waals surface area contributed by atoms with Crippen molar-refractivity contribution in [2.24, 2.45) is 0 Å². The molecule has 0 radical (unpaired) electrons. The van der Waals surface area contributed by atoms with Gasteiger partial charge in [-0.3, -0.25) is 0 Å². The van der Waals surface area contributed by atoms with Crippen LogP contribution in [0.25, 0.3) is 0 Å². The fraction of sp³-hybridized carbons (Fsp3) is 0.538. The molecule has 0 heterocycles. The van der Waals surface area contributed by atoms with Crippen LogP contribution in [-0.2, 0) is 0 Å². The zero-order valence-electron chi connectivity index (χ0n) is 9.06. The molecule has 0 aliphatic heterocycles. The molecule has 0 amide bonds. The van der Waals surface area contributed by atoms with Gasteiger partial charge in [0.05, 0.1) is 6.10 Å². The molecule has 1 aromatic rings. The van der Waals surface area contributed by atoms with E-state index >= 15 is 0 Å². The normalized spacial score (nSPS) is 20.7. The van der Waals surface area contributed by atoms with E-state index in [-0.39, 0.29) is 0 Å². The van der Waals surface area contributed by atoms with Gasteiger partial charge in [-0.1, -0.05) is 30.7 Å². The summed E-state index contributed by atoms with van der Waals surface area (Å²) in [5.74, 6) is 0.672. The highest BCUT2D eigenvalue weighted by Gasteiger charge is 2.21. The van der Waals surface area contributed by atoms with Gasteiger partial charge in [0.25, 0.3) is 0 Å². The lowest BCUT2D eigenvalue weighted by Gasteiger charge is -2.26. The molecule has 2 N–H and O–H groups in total. The molecule has 2 atom stereocenters. The van der Waals surface area contributed by atoms with Crippen molar-refractivity contribution in [1.29, 1.82) is 0 Å². The lowest BCUT2D eigenvalue weighted by atomic mass is 9.79. The highest BCUT2D eigenvalue weighted by molar-refractivity contribution is 5.29. The van der Waals surface area contributed by atoms with Crippen molar-refractivity contribution >= 4 is 0 Å². The zero-order valence-corrected chi connectivity index (χ0v) is 9.06. The molecule has 0 aromatic heterocycles. The Bertz CT molecular complexity index is 329. The monoisotopic (exact) mass is 206 g/mol. The largest absolute Gasteiger partial charge is 0.390 e. The number of hydrogen-bond donors (Lipinski definition) is 2. The molecule has 2 nitrogen and oxygen atoms in total. The summed E-state index contributed by atoms with van der Waals surface area (Å²) in [5, 5.41) is 19.1. The molecule has 0 bridgehead atoms. The molecule has 1 aliphatic carbocycles. The van der Waals surface area contributed by atoms with Crippen LogP contribution in [0.4, 0.5) is 0 Å². The summed E-state index contributed by atoms with van der Waals surface area (Å²) in [7, 11) is 0. The van der Waals surface area contributed by atoms with E-state index in [0.717, 1.165) is 5.56 Å². The van der Waals surface area contributed by atoms with Crippen LogP contribution in [0.15, 0.2) is 24.3 Å². The molecule has 2 unspecified atom stereocenters. The van der Waals surface area contributed by atoms with Crippen molar-refractivity contribution in [2.45, 2.75) is 44.3 Å². The van der Waals surface area contributed by atoms with Crippen LogP contribution in [0, 0.1) is 0 Å². The van der Waals surface area contributed by atoms with Gasteiger partial charge in [0.2, 0.25) is 0 Å². The predicted molar refractivity (Wildman–Crippen MR) is 59.7 cm³/mol. The Morgan fingerprint density at radius 1 is 1.27 bits per heavy atom. The maximum atomic E-state index is 9.74. The average Bonchev–Trinajstić information content (AvgIpc) is 2.14. The molecule has 0 saturated heterocycles. The first-order chi connectivity index (χ1) is 7.18. The molecular formula is C13H18O2. The number of aliphatic hydroxyl groups excluding tert-OH is 2. The average molecular weight is 206 g/mol. The van der Waals surface area contributed by atoms with Crippen molar-refractivity contribution in [2.75, 3.05) is 0 Å². The molecule has 82 valence electrons. The third-order valence-electron chi connectivity index (χ3n) is 3.29. The van der Waals surface area contributed by atoms with Gasteiger partial charge in [-0.05, 0) is 36.8 Å². The summed E-state index contributed by atoms with van der Waals surface area (Å²) in [6.45, 7) is 1.61. The van der Waals surface area contributed by atoms with Gasteiger partial charge in [0.1, 0.15) is 6.10 Å². The Balaban J connectivity index is 2.18. The van der Waals surface area contributed by atoms with E-state index < -0.39 is 12.2 Å². The van der Waals surface area contributed by atoms with Gasteiger partial charge in [0, 0.05) is 0 Å². The van der Waals surface area contributed by atoms with E-state index in [1.807, 2.05) is 18.2 Å². The fourth-order valence-corrected chi connectivity index (χ4v) is 2.02. The van der Waals surface area contributed by atoms with E-state index in [1.165, 1.54) is 24.8 Å². The van der Waals surface area contributed by atoms with Gasteiger partial charge in [-0.25, -0.2) is 0 Å². The summed E-state index contributed by atoms with van der Waals surface area (Å²) in [6, 6.07) is 7.98. The lowest BCUT2D eigenvalue weighted by molar-refractivity contribution is 0.0304. The van der Waals surface area contributed by atoms with Gasteiger partial charge in [-0.15, -0.1) is 0 Å². The molecule has 2 heteroatoms. The number of aliphatic hydroxyl groups is 2. The minimum absolute atomic E-state index is 0.672. The van der Waals surface area contributed by atoms with Crippen molar-refractivity contribution < 1.29 is 10.2 Å². The van der Waals surface area contributed by atoms with E-state index in [0.29, 0.717) is 5.92 Å². The van der Waals surface area contributed by atoms with E-state index in [4.69, 9.17) is 0 Å². The number of hydrogen-bond acceptors (Lipinski definition) is 2. The first kappa shape index (κ1) is 10.7. The predicted octanol–water partition coefficient (Wildman–Crippen LogP) is 2.37.